The predicted molar refractivity (Wildman–Crippen MR) is 109 cm³/mol. The third-order valence-corrected chi connectivity index (χ3v) is 4.90. The number of para-hydroxylation sites is 2. The van der Waals surface area contributed by atoms with Gasteiger partial charge in [0.25, 0.3) is 5.91 Å². The molecule has 1 atom stereocenters. The maximum absolute atomic E-state index is 12.9. The lowest BCUT2D eigenvalue weighted by Gasteiger charge is -2.14. The highest BCUT2D eigenvalue weighted by Crippen LogP contribution is 2.25. The van der Waals surface area contributed by atoms with E-state index in [0.29, 0.717) is 22.8 Å². The number of rotatable bonds is 6. The first kappa shape index (κ1) is 18.8. The van der Waals surface area contributed by atoms with Crippen molar-refractivity contribution in [2.45, 2.75) is 33.4 Å². The number of aryl methyl sites for hydroxylation is 2. The van der Waals surface area contributed by atoms with Crippen molar-refractivity contribution in [2.24, 2.45) is 0 Å². The van der Waals surface area contributed by atoms with Crippen LogP contribution < -0.4 is 10.1 Å². The van der Waals surface area contributed by atoms with Gasteiger partial charge in [0, 0.05) is 5.39 Å². The minimum Gasteiger partial charge on any atom is -0.488 e. The second-order valence-electron chi connectivity index (χ2n) is 6.97. The third kappa shape index (κ3) is 3.87. The number of furan rings is 1. The molecule has 1 N–H and O–H groups in total. The molecule has 0 unspecified atom stereocenters. The van der Waals surface area contributed by atoms with Crippen LogP contribution >= 0.6 is 0 Å². The van der Waals surface area contributed by atoms with Crippen molar-refractivity contribution in [3.05, 3.63) is 82.9 Å². The van der Waals surface area contributed by atoms with E-state index < -0.39 is 0 Å². The molecule has 0 bridgehead atoms. The van der Waals surface area contributed by atoms with E-state index in [1.54, 1.807) is 12.1 Å². The summed E-state index contributed by atoms with van der Waals surface area (Å²) in [4.78, 5) is 12.9. The number of nitrogens with zero attached hydrogens (tertiary/aromatic N) is 1. The Morgan fingerprint density at radius 2 is 1.90 bits per heavy atom. The fraction of sp³-hybridized carbons (Fsp3) is 0.217. The maximum atomic E-state index is 12.9. The summed E-state index contributed by atoms with van der Waals surface area (Å²) in [6.07, 6.45) is 0. The van der Waals surface area contributed by atoms with Crippen LogP contribution in [0.4, 0.5) is 0 Å². The van der Waals surface area contributed by atoms with Gasteiger partial charge in [-0.2, -0.15) is 0 Å². The summed E-state index contributed by atoms with van der Waals surface area (Å²) in [5.41, 5.74) is 2.92. The molecule has 0 aliphatic carbocycles. The summed E-state index contributed by atoms with van der Waals surface area (Å²) in [6, 6.07) is 16.6. The summed E-state index contributed by atoms with van der Waals surface area (Å²) in [5.74, 6) is 1.69. The second kappa shape index (κ2) is 7.83. The molecule has 1 amide bonds. The molecule has 0 saturated heterocycles. The van der Waals surface area contributed by atoms with Gasteiger partial charge >= 0.3 is 0 Å². The van der Waals surface area contributed by atoms with E-state index >= 15 is 0 Å². The standard InChI is InChI=1S/C23H22N2O4/c1-14-19(16(3)29-25-14)13-27-21-11-7-5-9-18(21)23(26)24-15(2)22-12-17-8-4-6-10-20(17)28-22/h4-12,15H,13H2,1-3H3,(H,24,26)/t15-/m0/s1. The molecule has 6 nitrogen and oxygen atoms in total. The number of carbonyl (C=O) groups excluding carboxylic acids is 1. The molecule has 2 aromatic heterocycles. The smallest absolute Gasteiger partial charge is 0.255 e. The molecular formula is C23H22N2O4. The number of carbonyl (C=O) groups is 1. The van der Waals surface area contributed by atoms with E-state index in [-0.39, 0.29) is 18.6 Å². The molecule has 4 rings (SSSR count). The zero-order valence-electron chi connectivity index (χ0n) is 16.6. The molecule has 0 radical (unpaired) electrons. The lowest BCUT2D eigenvalue weighted by atomic mass is 10.1. The number of fused-ring (bicyclic) bond motifs is 1. The summed E-state index contributed by atoms with van der Waals surface area (Å²) in [7, 11) is 0. The molecule has 148 valence electrons. The average molecular weight is 390 g/mol. The number of amides is 1. The van der Waals surface area contributed by atoms with Crippen LogP contribution in [0, 0.1) is 13.8 Å². The third-order valence-electron chi connectivity index (χ3n) is 4.90. The van der Waals surface area contributed by atoms with Crippen molar-refractivity contribution in [1.29, 1.82) is 0 Å². The molecule has 29 heavy (non-hydrogen) atoms. The molecule has 0 spiro atoms. The number of benzene rings is 2. The first-order valence-corrected chi connectivity index (χ1v) is 9.46. The van der Waals surface area contributed by atoms with Gasteiger partial charge in [-0.15, -0.1) is 0 Å². The van der Waals surface area contributed by atoms with E-state index in [0.717, 1.165) is 22.2 Å². The Bertz CT molecular complexity index is 1110. The summed E-state index contributed by atoms with van der Waals surface area (Å²) < 4.78 is 16.9. The number of ether oxygens (including phenoxy) is 1. The summed E-state index contributed by atoms with van der Waals surface area (Å²) >= 11 is 0. The van der Waals surface area contributed by atoms with Crippen molar-refractivity contribution in [1.82, 2.24) is 10.5 Å². The Hall–Kier alpha value is -3.54. The van der Waals surface area contributed by atoms with Gasteiger partial charge in [0.05, 0.1) is 22.9 Å². The largest absolute Gasteiger partial charge is 0.488 e. The Balaban J connectivity index is 1.49. The van der Waals surface area contributed by atoms with Gasteiger partial charge in [0.1, 0.15) is 29.5 Å². The minimum atomic E-state index is -0.287. The first-order valence-electron chi connectivity index (χ1n) is 9.46. The number of hydrogen-bond donors (Lipinski definition) is 1. The van der Waals surface area contributed by atoms with Gasteiger partial charge in [0.15, 0.2) is 0 Å². The Morgan fingerprint density at radius 3 is 2.66 bits per heavy atom. The number of hydrogen-bond acceptors (Lipinski definition) is 5. The van der Waals surface area contributed by atoms with Crippen molar-refractivity contribution in [3.63, 3.8) is 0 Å². The zero-order chi connectivity index (χ0) is 20.4. The number of aromatic nitrogens is 1. The van der Waals surface area contributed by atoms with Gasteiger partial charge in [0.2, 0.25) is 0 Å². The van der Waals surface area contributed by atoms with Crippen molar-refractivity contribution >= 4 is 16.9 Å². The number of nitrogens with one attached hydrogen (secondary N) is 1. The van der Waals surface area contributed by atoms with Crippen LogP contribution in [0.5, 0.6) is 5.75 Å². The Labute approximate surface area is 168 Å². The van der Waals surface area contributed by atoms with Gasteiger partial charge in [-0.25, -0.2) is 0 Å². The summed E-state index contributed by atoms with van der Waals surface area (Å²) in [5, 5.41) is 7.92. The molecule has 0 aliphatic heterocycles. The Morgan fingerprint density at radius 1 is 1.14 bits per heavy atom. The SMILES string of the molecule is Cc1noc(C)c1COc1ccccc1C(=O)N[C@@H](C)c1cc2ccccc2o1. The highest BCUT2D eigenvalue weighted by molar-refractivity contribution is 5.97. The van der Waals surface area contributed by atoms with Crippen molar-refractivity contribution in [2.75, 3.05) is 0 Å². The van der Waals surface area contributed by atoms with E-state index in [1.807, 2.05) is 63.2 Å². The average Bonchev–Trinajstić information content (AvgIpc) is 3.30. The van der Waals surface area contributed by atoms with E-state index in [4.69, 9.17) is 13.7 Å². The highest BCUT2D eigenvalue weighted by Gasteiger charge is 2.19. The van der Waals surface area contributed by atoms with Crippen LogP contribution in [0.2, 0.25) is 0 Å². The molecule has 0 saturated carbocycles. The van der Waals surface area contributed by atoms with Crippen LogP contribution in [0.15, 0.2) is 63.5 Å². The van der Waals surface area contributed by atoms with Gasteiger partial charge < -0.3 is 19.0 Å². The molecule has 6 heteroatoms. The molecular weight excluding hydrogens is 368 g/mol. The zero-order valence-corrected chi connectivity index (χ0v) is 16.6. The normalized spacial score (nSPS) is 12.1. The van der Waals surface area contributed by atoms with Crippen LogP contribution in [-0.2, 0) is 6.61 Å². The van der Waals surface area contributed by atoms with E-state index in [2.05, 4.69) is 10.5 Å². The Kier molecular flexibility index (Phi) is 5.08. The first-order chi connectivity index (χ1) is 14.0. The molecule has 4 aromatic rings. The quantitative estimate of drug-likeness (QED) is 0.495. The van der Waals surface area contributed by atoms with E-state index in [1.165, 1.54) is 0 Å². The lowest BCUT2D eigenvalue weighted by Crippen LogP contribution is -2.26. The maximum Gasteiger partial charge on any atom is 0.255 e. The van der Waals surface area contributed by atoms with Crippen LogP contribution in [0.25, 0.3) is 11.0 Å². The van der Waals surface area contributed by atoms with Gasteiger partial charge in [-0.05, 0) is 45.0 Å². The monoisotopic (exact) mass is 390 g/mol. The summed E-state index contributed by atoms with van der Waals surface area (Å²) in [6.45, 7) is 5.88. The minimum absolute atomic E-state index is 0.229. The predicted octanol–water partition coefficient (Wildman–Crippen LogP) is 5.11. The van der Waals surface area contributed by atoms with Crippen LogP contribution in [0.3, 0.4) is 0 Å². The van der Waals surface area contributed by atoms with Crippen molar-refractivity contribution < 1.29 is 18.5 Å². The lowest BCUT2D eigenvalue weighted by molar-refractivity contribution is 0.0931. The fourth-order valence-corrected chi connectivity index (χ4v) is 3.20. The van der Waals surface area contributed by atoms with Crippen LogP contribution in [-0.4, -0.2) is 11.1 Å². The molecule has 0 fully saturated rings. The second-order valence-corrected chi connectivity index (χ2v) is 6.97. The van der Waals surface area contributed by atoms with E-state index in [9.17, 15) is 4.79 Å². The molecule has 2 heterocycles. The topological polar surface area (TPSA) is 77.5 Å². The van der Waals surface area contributed by atoms with Crippen LogP contribution in [0.1, 0.15) is 46.1 Å². The van der Waals surface area contributed by atoms with Gasteiger partial charge in [-0.3, -0.25) is 4.79 Å². The highest BCUT2D eigenvalue weighted by atomic mass is 16.5. The molecule has 0 aliphatic rings. The molecule has 2 aromatic carbocycles. The fourth-order valence-electron chi connectivity index (χ4n) is 3.20. The van der Waals surface area contributed by atoms with Crippen molar-refractivity contribution in [3.8, 4) is 5.75 Å². The van der Waals surface area contributed by atoms with Gasteiger partial charge in [-0.1, -0.05) is 35.5 Å².